The molecule has 0 bridgehead atoms. The number of ether oxygens (including phenoxy) is 3. The highest BCUT2D eigenvalue weighted by atomic mass is 16.7. The van der Waals surface area contributed by atoms with Crippen molar-refractivity contribution in [3.05, 3.63) is 71.8 Å². The fourth-order valence-electron chi connectivity index (χ4n) is 2.77. The van der Waals surface area contributed by atoms with Gasteiger partial charge in [-0.3, -0.25) is 4.79 Å². The molecule has 25 heavy (non-hydrogen) atoms. The Balaban J connectivity index is 1.58. The second-order valence-corrected chi connectivity index (χ2v) is 6.01. The van der Waals surface area contributed by atoms with Crippen molar-refractivity contribution in [2.75, 3.05) is 6.54 Å². The molecule has 1 saturated heterocycles. The maximum Gasteiger partial charge on any atom is 0.191 e. The zero-order valence-corrected chi connectivity index (χ0v) is 14.0. The van der Waals surface area contributed by atoms with Crippen molar-refractivity contribution >= 4 is 5.78 Å². The first-order valence-corrected chi connectivity index (χ1v) is 8.46. The predicted molar refractivity (Wildman–Crippen MR) is 93.6 cm³/mol. The molecule has 0 aromatic heterocycles. The van der Waals surface area contributed by atoms with Crippen molar-refractivity contribution in [2.24, 2.45) is 5.73 Å². The average Bonchev–Trinajstić information content (AvgIpc) is 2.67. The first-order chi connectivity index (χ1) is 12.3. The van der Waals surface area contributed by atoms with Crippen molar-refractivity contribution in [2.45, 2.75) is 38.1 Å². The molecule has 2 aromatic rings. The largest absolute Gasteiger partial charge is 0.365 e. The summed E-state index contributed by atoms with van der Waals surface area (Å²) in [7, 11) is 0. The zero-order valence-electron chi connectivity index (χ0n) is 14.0. The molecular formula is C20H23NO4. The van der Waals surface area contributed by atoms with Gasteiger partial charge in [-0.25, -0.2) is 0 Å². The highest BCUT2D eigenvalue weighted by Crippen LogP contribution is 2.22. The van der Waals surface area contributed by atoms with Crippen LogP contribution in [0.5, 0.6) is 0 Å². The summed E-state index contributed by atoms with van der Waals surface area (Å²) < 4.78 is 17.3. The Morgan fingerprint density at radius 1 is 0.920 bits per heavy atom. The normalized spacial score (nSPS) is 23.6. The molecule has 0 radical (unpaired) electrons. The van der Waals surface area contributed by atoms with Gasteiger partial charge in [0.1, 0.15) is 12.2 Å². The average molecular weight is 341 g/mol. The molecule has 2 aromatic carbocycles. The van der Waals surface area contributed by atoms with Gasteiger partial charge in [-0.05, 0) is 11.1 Å². The lowest BCUT2D eigenvalue weighted by Gasteiger charge is -2.33. The van der Waals surface area contributed by atoms with Gasteiger partial charge in [-0.2, -0.15) is 0 Å². The second kappa shape index (κ2) is 8.87. The molecule has 1 heterocycles. The van der Waals surface area contributed by atoms with Crippen molar-refractivity contribution < 1.29 is 19.0 Å². The van der Waals surface area contributed by atoms with E-state index in [4.69, 9.17) is 19.9 Å². The quantitative estimate of drug-likeness (QED) is 0.837. The highest BCUT2D eigenvalue weighted by Gasteiger charge is 2.37. The molecule has 0 aliphatic carbocycles. The number of carbonyl (C=O) groups is 1. The van der Waals surface area contributed by atoms with Gasteiger partial charge in [0.15, 0.2) is 12.1 Å². The number of benzene rings is 2. The Hall–Kier alpha value is -2.05. The van der Waals surface area contributed by atoms with Gasteiger partial charge in [-0.1, -0.05) is 60.7 Å². The predicted octanol–water partition coefficient (Wildman–Crippen LogP) is 2.43. The smallest absolute Gasteiger partial charge is 0.191 e. The van der Waals surface area contributed by atoms with Crippen LogP contribution >= 0.6 is 0 Å². The monoisotopic (exact) mass is 341 g/mol. The molecule has 0 amide bonds. The molecule has 5 nitrogen and oxygen atoms in total. The molecule has 1 fully saturated rings. The van der Waals surface area contributed by atoms with Crippen LogP contribution in [0.2, 0.25) is 0 Å². The number of hydrogen-bond acceptors (Lipinski definition) is 5. The Bertz CT molecular complexity index is 662. The minimum atomic E-state index is -0.685. The number of nitrogens with two attached hydrogens (primary N) is 1. The van der Waals surface area contributed by atoms with E-state index in [1.165, 1.54) is 0 Å². The molecule has 132 valence electrons. The van der Waals surface area contributed by atoms with E-state index < -0.39 is 18.5 Å². The third-order valence-corrected chi connectivity index (χ3v) is 4.14. The topological polar surface area (TPSA) is 70.8 Å². The Morgan fingerprint density at radius 3 is 2.04 bits per heavy atom. The Kier molecular flexibility index (Phi) is 6.30. The summed E-state index contributed by atoms with van der Waals surface area (Å²) in [5.41, 5.74) is 7.75. The molecule has 5 heteroatoms. The zero-order chi connectivity index (χ0) is 17.5. The molecule has 1 aliphatic rings. The van der Waals surface area contributed by atoms with E-state index in [1.807, 2.05) is 60.7 Å². The summed E-state index contributed by atoms with van der Waals surface area (Å²) in [6.45, 7) is 0.914. The lowest BCUT2D eigenvalue weighted by molar-refractivity contribution is -0.219. The van der Waals surface area contributed by atoms with Gasteiger partial charge in [0, 0.05) is 13.0 Å². The van der Waals surface area contributed by atoms with Gasteiger partial charge in [0.25, 0.3) is 0 Å². The number of rotatable bonds is 7. The van der Waals surface area contributed by atoms with Gasteiger partial charge in [-0.15, -0.1) is 0 Å². The lowest BCUT2D eigenvalue weighted by atomic mass is 10.0. The number of carbonyl (C=O) groups excluding carboxylic acids is 1. The van der Waals surface area contributed by atoms with E-state index in [1.54, 1.807) is 0 Å². The minimum Gasteiger partial charge on any atom is -0.365 e. The SMILES string of the molecule is NCC1OC(OCc2ccccc2)CC(OCc2ccccc2)C1=O. The molecule has 1 aliphatic heterocycles. The van der Waals surface area contributed by atoms with Crippen LogP contribution in [0, 0.1) is 0 Å². The first-order valence-electron chi connectivity index (χ1n) is 8.46. The van der Waals surface area contributed by atoms with Crippen molar-refractivity contribution in [1.82, 2.24) is 0 Å². The van der Waals surface area contributed by atoms with Gasteiger partial charge >= 0.3 is 0 Å². The van der Waals surface area contributed by atoms with Crippen LogP contribution in [0.1, 0.15) is 17.5 Å². The highest BCUT2D eigenvalue weighted by molar-refractivity contribution is 5.88. The summed E-state index contributed by atoms with van der Waals surface area (Å²) in [4.78, 5) is 12.4. The third-order valence-electron chi connectivity index (χ3n) is 4.14. The van der Waals surface area contributed by atoms with Crippen LogP contribution in [-0.4, -0.2) is 30.8 Å². The fraction of sp³-hybridized carbons (Fsp3) is 0.350. The number of ketones is 1. The lowest BCUT2D eigenvalue weighted by Crippen LogP contribution is -2.49. The summed E-state index contributed by atoms with van der Waals surface area (Å²) in [5, 5.41) is 0. The molecule has 2 N–H and O–H groups in total. The van der Waals surface area contributed by atoms with Crippen molar-refractivity contribution in [3.63, 3.8) is 0 Å². The van der Waals surface area contributed by atoms with Crippen LogP contribution in [0.25, 0.3) is 0 Å². The summed E-state index contributed by atoms with van der Waals surface area (Å²) in [6, 6.07) is 19.6. The van der Waals surface area contributed by atoms with Crippen LogP contribution < -0.4 is 5.73 Å². The van der Waals surface area contributed by atoms with Crippen LogP contribution in [0.4, 0.5) is 0 Å². The van der Waals surface area contributed by atoms with E-state index >= 15 is 0 Å². The Labute approximate surface area is 147 Å². The molecule has 0 spiro atoms. The third kappa shape index (κ3) is 4.96. The summed E-state index contributed by atoms with van der Waals surface area (Å²) in [5.74, 6) is -0.113. The summed E-state index contributed by atoms with van der Waals surface area (Å²) in [6.07, 6.45) is -1.39. The van der Waals surface area contributed by atoms with Crippen LogP contribution in [0.3, 0.4) is 0 Å². The van der Waals surface area contributed by atoms with Crippen molar-refractivity contribution in [1.29, 1.82) is 0 Å². The summed E-state index contributed by atoms with van der Waals surface area (Å²) >= 11 is 0. The van der Waals surface area contributed by atoms with E-state index in [2.05, 4.69) is 0 Å². The van der Waals surface area contributed by atoms with Gasteiger partial charge in [0.05, 0.1) is 13.2 Å². The van der Waals surface area contributed by atoms with E-state index in [9.17, 15) is 4.79 Å². The van der Waals surface area contributed by atoms with E-state index in [-0.39, 0.29) is 12.3 Å². The molecule has 3 unspecified atom stereocenters. The van der Waals surface area contributed by atoms with Crippen LogP contribution in [-0.2, 0) is 32.2 Å². The first kappa shape index (κ1) is 17.8. The molecule has 3 atom stereocenters. The minimum absolute atomic E-state index is 0.113. The van der Waals surface area contributed by atoms with Crippen LogP contribution in [0.15, 0.2) is 60.7 Å². The number of hydrogen-bond donors (Lipinski definition) is 1. The maximum atomic E-state index is 12.4. The molecule has 3 rings (SSSR count). The van der Waals surface area contributed by atoms with Gasteiger partial charge < -0.3 is 19.9 Å². The molecular weight excluding hydrogens is 318 g/mol. The van der Waals surface area contributed by atoms with E-state index in [0.717, 1.165) is 11.1 Å². The van der Waals surface area contributed by atoms with Crippen molar-refractivity contribution in [3.8, 4) is 0 Å². The molecule has 0 saturated carbocycles. The van der Waals surface area contributed by atoms with Gasteiger partial charge in [0.2, 0.25) is 0 Å². The second-order valence-electron chi connectivity index (χ2n) is 6.01. The fourth-order valence-corrected chi connectivity index (χ4v) is 2.77. The standard InChI is InChI=1S/C20H23NO4/c21-12-18-20(22)17(23-13-15-7-3-1-4-8-15)11-19(25-18)24-14-16-9-5-2-6-10-16/h1-10,17-19H,11-14,21H2. The maximum absolute atomic E-state index is 12.4. The number of Topliss-reactive ketones (excluding diaryl/α,β-unsaturated/α-hetero) is 1. The Morgan fingerprint density at radius 2 is 1.48 bits per heavy atom. The van der Waals surface area contributed by atoms with E-state index in [0.29, 0.717) is 19.6 Å².